The summed E-state index contributed by atoms with van der Waals surface area (Å²) >= 11 is 9.14. The smallest absolute Gasteiger partial charge is 0.417 e. The van der Waals surface area contributed by atoms with E-state index in [1.54, 1.807) is 18.2 Å². The fourth-order valence-corrected chi connectivity index (χ4v) is 7.84. The third-order valence-electron chi connectivity index (χ3n) is 7.89. The Bertz CT molecular complexity index is 1920. The van der Waals surface area contributed by atoms with Gasteiger partial charge >= 0.3 is 12.1 Å². The van der Waals surface area contributed by atoms with Gasteiger partial charge in [-0.15, -0.1) is 0 Å². The van der Waals surface area contributed by atoms with Gasteiger partial charge in [0.1, 0.15) is 17.9 Å². The van der Waals surface area contributed by atoms with Crippen LogP contribution in [-0.2, 0) is 12.8 Å². The summed E-state index contributed by atoms with van der Waals surface area (Å²) in [6.45, 7) is 1.26. The molecule has 2 aromatic heterocycles. The van der Waals surface area contributed by atoms with E-state index >= 15 is 0 Å². The molecule has 13 heteroatoms. The van der Waals surface area contributed by atoms with E-state index in [0.717, 1.165) is 35.4 Å². The molecular formula is C31H22ClF4N3O3S2. The van der Waals surface area contributed by atoms with Gasteiger partial charge < -0.3 is 14.7 Å². The Balaban J connectivity index is 1.06. The average molecular weight is 660 g/mol. The van der Waals surface area contributed by atoms with Crippen LogP contribution < -0.4 is 9.64 Å². The lowest BCUT2D eigenvalue weighted by molar-refractivity contribution is -0.137. The number of carboxylic acids is 1. The van der Waals surface area contributed by atoms with Crippen LogP contribution in [0.2, 0.25) is 5.02 Å². The first kappa shape index (κ1) is 29.0. The lowest BCUT2D eigenvalue weighted by Gasteiger charge is -2.39. The van der Waals surface area contributed by atoms with Crippen molar-refractivity contribution in [3.05, 3.63) is 92.6 Å². The van der Waals surface area contributed by atoms with Crippen LogP contribution in [0.3, 0.4) is 0 Å². The van der Waals surface area contributed by atoms with E-state index in [0.29, 0.717) is 45.0 Å². The Labute approximate surface area is 261 Å². The van der Waals surface area contributed by atoms with Crippen LogP contribution in [0.25, 0.3) is 21.5 Å². The van der Waals surface area contributed by atoms with Gasteiger partial charge in [0.25, 0.3) is 0 Å². The number of hydrogen-bond acceptors (Lipinski definition) is 7. The third kappa shape index (κ3) is 5.39. The number of benzene rings is 3. The molecular weight excluding hydrogens is 638 g/mol. The molecule has 0 bridgehead atoms. The molecule has 3 heterocycles. The van der Waals surface area contributed by atoms with Gasteiger partial charge in [-0.25, -0.2) is 14.2 Å². The van der Waals surface area contributed by atoms with E-state index in [2.05, 4.69) is 9.36 Å². The number of anilines is 1. The van der Waals surface area contributed by atoms with Crippen LogP contribution in [0, 0.1) is 5.82 Å². The largest absolute Gasteiger partial charge is 0.489 e. The van der Waals surface area contributed by atoms with E-state index in [-0.39, 0.29) is 35.1 Å². The van der Waals surface area contributed by atoms with Crippen LogP contribution in [-0.4, -0.2) is 33.5 Å². The van der Waals surface area contributed by atoms with Crippen molar-refractivity contribution in [3.63, 3.8) is 0 Å². The minimum absolute atomic E-state index is 0.0443. The highest BCUT2D eigenvalue weighted by atomic mass is 35.5. The fourth-order valence-electron chi connectivity index (χ4n) is 5.43. The zero-order valence-electron chi connectivity index (χ0n) is 22.7. The van der Waals surface area contributed by atoms with Crippen LogP contribution in [0.5, 0.6) is 5.75 Å². The monoisotopic (exact) mass is 659 g/mol. The van der Waals surface area contributed by atoms with Gasteiger partial charge in [0.15, 0.2) is 10.9 Å². The van der Waals surface area contributed by atoms with E-state index in [1.165, 1.54) is 41.1 Å². The van der Waals surface area contributed by atoms with Gasteiger partial charge in [-0.05, 0) is 66.2 Å². The second kappa shape index (κ2) is 11.0. The standard InChI is InChI=1S/C31H22ClF4N3O3S2/c32-23-11-18(42-14-21-26(38-44-28(21)15-5-6-15)20-3-1-2-4-22(20)31(34,35)36)7-8-19(23)17-12-39(13-17)30-37-27-24(33)9-16(29(40)41)10-25(27)43-30/h1-4,7-11,15,17H,5-6,12-14H2,(H,40,41). The van der Waals surface area contributed by atoms with E-state index in [9.17, 15) is 27.5 Å². The Morgan fingerprint density at radius 1 is 1.09 bits per heavy atom. The number of carboxylic acid groups (broad SMARTS) is 1. The van der Waals surface area contributed by atoms with Crippen molar-refractivity contribution in [2.24, 2.45) is 0 Å². The van der Waals surface area contributed by atoms with Crippen molar-refractivity contribution in [1.82, 2.24) is 9.36 Å². The van der Waals surface area contributed by atoms with Crippen LogP contribution >= 0.6 is 34.5 Å². The summed E-state index contributed by atoms with van der Waals surface area (Å²) in [5.74, 6) is -0.993. The Kier molecular flexibility index (Phi) is 7.25. The van der Waals surface area contributed by atoms with Crippen LogP contribution in [0.1, 0.15) is 56.6 Å². The third-order valence-corrected chi connectivity index (χ3v) is 10.3. The number of thiazole rings is 1. The molecule has 0 radical (unpaired) electrons. The van der Waals surface area contributed by atoms with Crippen molar-refractivity contribution in [1.29, 1.82) is 0 Å². The first-order valence-corrected chi connectivity index (χ1v) is 15.7. The number of rotatable bonds is 8. The van der Waals surface area contributed by atoms with Gasteiger partial charge in [0, 0.05) is 40.0 Å². The normalized spacial score (nSPS) is 15.5. The molecule has 6 nitrogen and oxygen atoms in total. The summed E-state index contributed by atoms with van der Waals surface area (Å²) in [6, 6.07) is 13.2. The molecule has 1 saturated carbocycles. The maximum atomic E-state index is 14.4. The Morgan fingerprint density at radius 3 is 2.57 bits per heavy atom. The fraction of sp³-hybridized carbons (Fsp3) is 0.258. The number of alkyl halides is 3. The van der Waals surface area contributed by atoms with Crippen molar-refractivity contribution < 1.29 is 32.2 Å². The number of aromatic nitrogens is 2. The molecule has 3 aromatic carbocycles. The molecule has 5 aromatic rings. The first-order chi connectivity index (χ1) is 21.1. The molecule has 1 saturated heterocycles. The summed E-state index contributed by atoms with van der Waals surface area (Å²) in [6.07, 6.45) is -2.56. The second-order valence-corrected chi connectivity index (χ2v) is 13.1. The summed E-state index contributed by atoms with van der Waals surface area (Å²) in [7, 11) is 0. The summed E-state index contributed by atoms with van der Waals surface area (Å²) < 4.78 is 66.8. The van der Waals surface area contributed by atoms with Gasteiger partial charge in [0.05, 0.1) is 21.5 Å². The van der Waals surface area contributed by atoms with E-state index in [4.69, 9.17) is 16.3 Å². The van der Waals surface area contributed by atoms with Crippen molar-refractivity contribution in [3.8, 4) is 17.0 Å². The molecule has 0 unspecified atom stereocenters. The minimum atomic E-state index is -4.51. The van der Waals surface area contributed by atoms with Crippen LogP contribution in [0.15, 0.2) is 54.6 Å². The summed E-state index contributed by atoms with van der Waals surface area (Å²) in [4.78, 5) is 18.6. The van der Waals surface area contributed by atoms with Crippen molar-refractivity contribution >= 4 is 55.8 Å². The first-order valence-electron chi connectivity index (χ1n) is 13.7. The van der Waals surface area contributed by atoms with E-state index < -0.39 is 23.5 Å². The van der Waals surface area contributed by atoms with E-state index in [1.807, 2.05) is 11.0 Å². The molecule has 1 aliphatic carbocycles. The quantitative estimate of drug-likeness (QED) is 0.168. The molecule has 7 rings (SSSR count). The molecule has 0 atom stereocenters. The molecule has 2 aliphatic rings. The predicted octanol–water partition coefficient (Wildman–Crippen LogP) is 8.99. The zero-order chi connectivity index (χ0) is 30.7. The SMILES string of the molecule is O=C(O)c1cc(F)c2nc(N3CC(c4ccc(OCc5c(-c6ccccc6C(F)(F)F)nsc5C5CC5)cc4Cl)C3)sc2c1. The number of carbonyl (C=O) groups is 1. The molecule has 2 fully saturated rings. The lowest BCUT2D eigenvalue weighted by Crippen LogP contribution is -2.45. The molecule has 0 spiro atoms. The predicted molar refractivity (Wildman–Crippen MR) is 162 cm³/mol. The highest BCUT2D eigenvalue weighted by Crippen LogP contribution is 2.48. The maximum absolute atomic E-state index is 14.4. The summed E-state index contributed by atoms with van der Waals surface area (Å²) in [5.41, 5.74) is 1.23. The van der Waals surface area contributed by atoms with Gasteiger partial charge in [0.2, 0.25) is 0 Å². The van der Waals surface area contributed by atoms with Gasteiger partial charge in [-0.2, -0.15) is 17.5 Å². The average Bonchev–Trinajstić information content (AvgIpc) is 3.57. The van der Waals surface area contributed by atoms with Crippen molar-refractivity contribution in [2.45, 2.75) is 37.5 Å². The molecule has 1 N–H and O–H groups in total. The Hall–Kier alpha value is -3.74. The number of ether oxygens (including phenoxy) is 1. The molecule has 0 amide bonds. The highest BCUT2D eigenvalue weighted by Gasteiger charge is 2.37. The maximum Gasteiger partial charge on any atom is 0.417 e. The number of nitrogens with zero attached hydrogens (tertiary/aromatic N) is 3. The van der Waals surface area contributed by atoms with Gasteiger partial charge in [-0.3, -0.25) is 0 Å². The number of halogens is 5. The van der Waals surface area contributed by atoms with Gasteiger partial charge in [-0.1, -0.05) is 47.2 Å². The Morgan fingerprint density at radius 2 is 1.86 bits per heavy atom. The second-order valence-electron chi connectivity index (χ2n) is 10.9. The zero-order valence-corrected chi connectivity index (χ0v) is 25.1. The number of hydrogen-bond donors (Lipinski definition) is 1. The molecule has 44 heavy (non-hydrogen) atoms. The minimum Gasteiger partial charge on any atom is -0.489 e. The summed E-state index contributed by atoms with van der Waals surface area (Å²) in [5, 5.41) is 10.3. The molecule has 1 aliphatic heterocycles. The van der Waals surface area contributed by atoms with Crippen LogP contribution in [0.4, 0.5) is 22.7 Å². The molecule has 226 valence electrons. The number of aromatic carboxylic acids is 1. The highest BCUT2D eigenvalue weighted by molar-refractivity contribution is 7.22. The van der Waals surface area contributed by atoms with Crippen molar-refractivity contribution in [2.75, 3.05) is 18.0 Å². The topological polar surface area (TPSA) is 75.5 Å². The lowest BCUT2D eigenvalue weighted by atomic mass is 9.92. The number of fused-ring (bicyclic) bond motifs is 1.